The van der Waals surface area contributed by atoms with Crippen LogP contribution in [-0.2, 0) is 4.79 Å². The molecule has 1 atom stereocenters. The molecule has 1 saturated heterocycles. The van der Waals surface area contributed by atoms with Crippen LogP contribution in [0, 0.1) is 5.41 Å². The van der Waals surface area contributed by atoms with E-state index in [9.17, 15) is 9.59 Å². The molecule has 0 bridgehead atoms. The quantitative estimate of drug-likeness (QED) is 0.890. The smallest absolute Gasteiger partial charge is 0.253 e. The Morgan fingerprint density at radius 3 is 2.43 bits per heavy atom. The van der Waals surface area contributed by atoms with Crippen LogP contribution < -0.4 is 10.6 Å². The molecule has 1 heterocycles. The SMILES string of the molecule is CN(C)C(=O)c1ccc(NC(=O)C2(C)CCCNC2)cc1. The van der Waals surface area contributed by atoms with Gasteiger partial charge in [0.05, 0.1) is 5.41 Å². The number of nitrogens with one attached hydrogen (secondary N) is 2. The molecule has 5 nitrogen and oxygen atoms in total. The molecule has 0 aliphatic carbocycles. The van der Waals surface area contributed by atoms with E-state index in [-0.39, 0.29) is 17.2 Å². The molecular formula is C16H23N3O2. The average molecular weight is 289 g/mol. The van der Waals surface area contributed by atoms with Gasteiger partial charge in [-0.15, -0.1) is 0 Å². The van der Waals surface area contributed by atoms with Gasteiger partial charge in [0.1, 0.15) is 0 Å². The first kappa shape index (κ1) is 15.5. The number of benzene rings is 1. The minimum Gasteiger partial charge on any atom is -0.345 e. The fraction of sp³-hybridized carbons (Fsp3) is 0.500. The monoisotopic (exact) mass is 289 g/mol. The van der Waals surface area contributed by atoms with E-state index in [1.54, 1.807) is 38.4 Å². The highest BCUT2D eigenvalue weighted by molar-refractivity contribution is 5.97. The van der Waals surface area contributed by atoms with Crippen molar-refractivity contribution in [1.29, 1.82) is 0 Å². The summed E-state index contributed by atoms with van der Waals surface area (Å²) in [6, 6.07) is 7.02. The molecule has 2 amide bonds. The summed E-state index contributed by atoms with van der Waals surface area (Å²) < 4.78 is 0. The van der Waals surface area contributed by atoms with Crippen LogP contribution in [0.15, 0.2) is 24.3 Å². The highest BCUT2D eigenvalue weighted by atomic mass is 16.2. The summed E-state index contributed by atoms with van der Waals surface area (Å²) in [5.41, 5.74) is 0.974. The van der Waals surface area contributed by atoms with Crippen LogP contribution in [0.1, 0.15) is 30.1 Å². The molecule has 1 aliphatic rings. The van der Waals surface area contributed by atoms with Crippen molar-refractivity contribution in [2.75, 3.05) is 32.5 Å². The van der Waals surface area contributed by atoms with E-state index in [4.69, 9.17) is 0 Å². The Balaban J connectivity index is 2.03. The van der Waals surface area contributed by atoms with Crippen molar-refractivity contribution in [2.24, 2.45) is 5.41 Å². The molecular weight excluding hydrogens is 266 g/mol. The van der Waals surface area contributed by atoms with E-state index in [2.05, 4.69) is 10.6 Å². The van der Waals surface area contributed by atoms with Crippen molar-refractivity contribution in [3.63, 3.8) is 0 Å². The molecule has 1 aliphatic heterocycles. The van der Waals surface area contributed by atoms with Gasteiger partial charge in [0.2, 0.25) is 5.91 Å². The maximum atomic E-state index is 12.4. The van der Waals surface area contributed by atoms with Crippen molar-refractivity contribution in [1.82, 2.24) is 10.2 Å². The zero-order valence-corrected chi connectivity index (χ0v) is 12.9. The van der Waals surface area contributed by atoms with Crippen LogP contribution in [0.5, 0.6) is 0 Å². The number of amides is 2. The minimum atomic E-state index is -0.365. The molecule has 21 heavy (non-hydrogen) atoms. The predicted molar refractivity (Wildman–Crippen MR) is 83.3 cm³/mol. The van der Waals surface area contributed by atoms with Gasteiger partial charge in [0.15, 0.2) is 0 Å². The van der Waals surface area contributed by atoms with Crippen LogP contribution in [-0.4, -0.2) is 43.9 Å². The second-order valence-electron chi connectivity index (χ2n) is 6.07. The van der Waals surface area contributed by atoms with E-state index in [1.165, 1.54) is 4.90 Å². The molecule has 114 valence electrons. The van der Waals surface area contributed by atoms with Gasteiger partial charge in [-0.3, -0.25) is 9.59 Å². The van der Waals surface area contributed by atoms with Crippen molar-refractivity contribution >= 4 is 17.5 Å². The van der Waals surface area contributed by atoms with E-state index in [1.807, 2.05) is 6.92 Å². The van der Waals surface area contributed by atoms with Gasteiger partial charge < -0.3 is 15.5 Å². The van der Waals surface area contributed by atoms with Crippen LogP contribution in [0.2, 0.25) is 0 Å². The summed E-state index contributed by atoms with van der Waals surface area (Å²) in [7, 11) is 3.43. The molecule has 0 aromatic heterocycles. The van der Waals surface area contributed by atoms with Gasteiger partial charge in [-0.1, -0.05) is 0 Å². The standard InChI is InChI=1S/C16H23N3O2/c1-16(9-4-10-17-11-16)15(21)18-13-7-5-12(6-8-13)14(20)19(2)3/h5-8,17H,4,9-11H2,1-3H3,(H,18,21). The second kappa shape index (κ2) is 6.26. The number of carbonyl (C=O) groups is 2. The Kier molecular flexibility index (Phi) is 4.63. The lowest BCUT2D eigenvalue weighted by molar-refractivity contribution is -0.125. The van der Waals surface area contributed by atoms with Crippen LogP contribution >= 0.6 is 0 Å². The fourth-order valence-electron chi connectivity index (χ4n) is 2.49. The highest BCUT2D eigenvalue weighted by Gasteiger charge is 2.34. The summed E-state index contributed by atoms with van der Waals surface area (Å²) in [6.45, 7) is 3.67. The molecule has 0 saturated carbocycles. The zero-order chi connectivity index (χ0) is 15.5. The molecule has 0 spiro atoms. The molecule has 5 heteroatoms. The van der Waals surface area contributed by atoms with Gasteiger partial charge in [0.25, 0.3) is 5.91 Å². The van der Waals surface area contributed by atoms with E-state index in [0.29, 0.717) is 12.1 Å². The van der Waals surface area contributed by atoms with Crippen LogP contribution in [0.4, 0.5) is 5.69 Å². The Morgan fingerprint density at radius 2 is 1.90 bits per heavy atom. The molecule has 1 fully saturated rings. The minimum absolute atomic E-state index is 0.0291. The van der Waals surface area contributed by atoms with Crippen LogP contribution in [0.25, 0.3) is 0 Å². The number of carbonyl (C=O) groups excluding carboxylic acids is 2. The van der Waals surface area contributed by atoms with Crippen molar-refractivity contribution in [3.05, 3.63) is 29.8 Å². The maximum absolute atomic E-state index is 12.4. The number of nitrogens with zero attached hydrogens (tertiary/aromatic N) is 1. The Bertz CT molecular complexity index is 517. The van der Waals surface area contributed by atoms with Crippen molar-refractivity contribution in [2.45, 2.75) is 19.8 Å². The Labute approximate surface area is 125 Å². The molecule has 2 rings (SSSR count). The van der Waals surface area contributed by atoms with E-state index in [0.717, 1.165) is 25.1 Å². The molecule has 0 radical (unpaired) electrons. The van der Waals surface area contributed by atoms with Crippen molar-refractivity contribution < 1.29 is 9.59 Å². The van der Waals surface area contributed by atoms with Crippen LogP contribution in [0.3, 0.4) is 0 Å². The Morgan fingerprint density at radius 1 is 1.24 bits per heavy atom. The number of hydrogen-bond acceptors (Lipinski definition) is 3. The van der Waals surface area contributed by atoms with E-state index < -0.39 is 0 Å². The molecule has 1 aromatic carbocycles. The zero-order valence-electron chi connectivity index (χ0n) is 12.9. The lowest BCUT2D eigenvalue weighted by Crippen LogP contribution is -2.46. The van der Waals surface area contributed by atoms with Crippen molar-refractivity contribution in [3.8, 4) is 0 Å². The third kappa shape index (κ3) is 3.61. The molecule has 1 unspecified atom stereocenters. The number of piperidine rings is 1. The lowest BCUT2D eigenvalue weighted by atomic mass is 9.82. The molecule has 2 N–H and O–H groups in total. The summed E-state index contributed by atoms with van der Waals surface area (Å²) in [5.74, 6) is -0.0160. The van der Waals surface area contributed by atoms with E-state index >= 15 is 0 Å². The third-order valence-electron chi connectivity index (χ3n) is 3.94. The lowest BCUT2D eigenvalue weighted by Gasteiger charge is -2.32. The summed E-state index contributed by atoms with van der Waals surface area (Å²) in [5, 5.41) is 6.21. The van der Waals surface area contributed by atoms with Gasteiger partial charge in [-0.2, -0.15) is 0 Å². The largest absolute Gasteiger partial charge is 0.345 e. The first-order valence-corrected chi connectivity index (χ1v) is 7.26. The first-order valence-electron chi connectivity index (χ1n) is 7.26. The maximum Gasteiger partial charge on any atom is 0.253 e. The number of hydrogen-bond donors (Lipinski definition) is 2. The second-order valence-corrected chi connectivity index (χ2v) is 6.07. The average Bonchev–Trinajstić information content (AvgIpc) is 2.48. The number of rotatable bonds is 3. The van der Waals surface area contributed by atoms with Gasteiger partial charge in [0, 0.05) is 31.9 Å². The highest BCUT2D eigenvalue weighted by Crippen LogP contribution is 2.27. The third-order valence-corrected chi connectivity index (χ3v) is 3.94. The topological polar surface area (TPSA) is 61.4 Å². The van der Waals surface area contributed by atoms with Gasteiger partial charge >= 0.3 is 0 Å². The normalized spacial score (nSPS) is 21.7. The molecule has 1 aromatic rings. The van der Waals surface area contributed by atoms with Gasteiger partial charge in [-0.05, 0) is 50.6 Å². The fourth-order valence-corrected chi connectivity index (χ4v) is 2.49. The summed E-state index contributed by atoms with van der Waals surface area (Å²) in [4.78, 5) is 25.7. The Hall–Kier alpha value is -1.88. The summed E-state index contributed by atoms with van der Waals surface area (Å²) >= 11 is 0. The summed E-state index contributed by atoms with van der Waals surface area (Å²) in [6.07, 6.45) is 1.91. The number of anilines is 1. The first-order chi connectivity index (χ1) is 9.92. The predicted octanol–water partition coefficient (Wildman–Crippen LogP) is 1.72. The van der Waals surface area contributed by atoms with Gasteiger partial charge in [-0.25, -0.2) is 0 Å².